The van der Waals surface area contributed by atoms with E-state index in [1.54, 1.807) is 6.07 Å². The van der Waals surface area contributed by atoms with E-state index in [1.807, 2.05) is 66.7 Å². The van der Waals surface area contributed by atoms with Gasteiger partial charge >= 0.3 is 0 Å². The topological polar surface area (TPSA) is 9.86 Å². The minimum atomic E-state index is -2.94. The van der Waals surface area contributed by atoms with Gasteiger partial charge in [-0.2, -0.15) is 0 Å². The van der Waals surface area contributed by atoms with E-state index < -0.39 is 44.3 Å². The van der Waals surface area contributed by atoms with Gasteiger partial charge in [-0.3, -0.25) is 0 Å². The number of aromatic nitrogens is 2. The van der Waals surface area contributed by atoms with E-state index in [-0.39, 0.29) is 35.3 Å². The highest BCUT2D eigenvalue weighted by molar-refractivity contribution is 7.20. The molecule has 352 valence electrons. The first kappa shape index (κ1) is 34.8. The molecule has 2 nitrogen and oxygen atoms in total. The molecule has 0 atom stereocenters. The van der Waals surface area contributed by atoms with Crippen LogP contribution in [0.2, 0.25) is 0 Å². The van der Waals surface area contributed by atoms with E-state index in [0.29, 0.717) is 27.6 Å². The molecule has 0 spiro atoms. The third kappa shape index (κ3) is 7.31. The molecule has 0 saturated carbocycles. The second kappa shape index (κ2) is 18.5. The molecule has 0 radical (unpaired) electrons. The molecule has 0 aliphatic carbocycles. The molecule has 0 unspecified atom stereocenters. The highest BCUT2D eigenvalue weighted by atomic mass is 28.3. The zero-order valence-electron chi connectivity index (χ0n) is 50.5. The molecule has 0 bridgehead atoms. The molecule has 14 rings (SSSR count). The van der Waals surface area contributed by atoms with E-state index >= 15 is 0 Å². The van der Waals surface area contributed by atoms with Crippen LogP contribution in [0.15, 0.2) is 303 Å². The van der Waals surface area contributed by atoms with Crippen LogP contribution >= 0.6 is 0 Å². The van der Waals surface area contributed by atoms with Gasteiger partial charge in [-0.15, -0.1) is 0 Å². The summed E-state index contributed by atoms with van der Waals surface area (Å²) in [5, 5.41) is 8.64. The van der Waals surface area contributed by atoms with E-state index in [9.17, 15) is 2.74 Å². The van der Waals surface area contributed by atoms with Crippen molar-refractivity contribution >= 4 is 72.4 Å². The minimum absolute atomic E-state index is 0.0798. The van der Waals surface area contributed by atoms with Crippen molar-refractivity contribution in [2.45, 2.75) is 0 Å². The summed E-state index contributed by atoms with van der Waals surface area (Å²) in [5.41, 5.74) is 9.44. The Morgan fingerprint density at radius 1 is 0.280 bits per heavy atom. The summed E-state index contributed by atoms with van der Waals surface area (Å²) < 4.78 is 93.0. The number of rotatable bonds is 10. The Balaban J connectivity index is 1.07. The van der Waals surface area contributed by atoms with Crippen LogP contribution in [0.4, 0.5) is 0 Å². The zero-order chi connectivity index (χ0) is 58.4. The van der Waals surface area contributed by atoms with Crippen molar-refractivity contribution in [2.24, 2.45) is 0 Å². The van der Waals surface area contributed by atoms with Gasteiger partial charge in [0.1, 0.15) is 0 Å². The van der Waals surface area contributed by atoms with Crippen molar-refractivity contribution < 1.29 is 13.7 Å². The number of benzene rings is 12. The summed E-state index contributed by atoms with van der Waals surface area (Å²) in [4.78, 5) is 0. The minimum Gasteiger partial charge on any atom is -0.309 e. The van der Waals surface area contributed by atoms with Crippen LogP contribution < -0.4 is 20.7 Å². The number of nitrogens with zero attached hydrogens (tertiary/aromatic N) is 2. The Labute approximate surface area is 452 Å². The summed E-state index contributed by atoms with van der Waals surface area (Å²) in [6, 6.07) is 79.9. The van der Waals surface area contributed by atoms with Crippen LogP contribution in [0.1, 0.15) is 13.7 Å². The van der Waals surface area contributed by atoms with Gasteiger partial charge in [0.25, 0.3) is 0 Å². The molecule has 0 saturated heterocycles. The molecule has 0 amide bonds. The van der Waals surface area contributed by atoms with Gasteiger partial charge in [0, 0.05) is 38.4 Å². The Kier molecular flexibility index (Phi) is 8.57. The number of fused-ring (bicyclic) bond motifs is 6. The fourth-order valence-corrected chi connectivity index (χ4v) is 16.5. The molecule has 0 aliphatic rings. The van der Waals surface area contributed by atoms with Crippen molar-refractivity contribution in [1.29, 1.82) is 0 Å². The van der Waals surface area contributed by atoms with Crippen molar-refractivity contribution in [3.63, 3.8) is 0 Å². The first-order valence-electron chi connectivity index (χ1n) is 30.1. The van der Waals surface area contributed by atoms with Crippen LogP contribution in [0.3, 0.4) is 0 Å². The molecular weight excluding hydrogens is 921 g/mol. The average Bonchev–Trinajstić information content (AvgIpc) is 1.72. The van der Waals surface area contributed by atoms with E-state index in [0.717, 1.165) is 60.8 Å². The summed E-state index contributed by atoms with van der Waals surface area (Å²) in [7, 11) is -2.94. The summed E-state index contributed by atoms with van der Waals surface area (Å²) in [6.45, 7) is 0. The molecule has 0 N–H and O–H groups in total. The first-order chi connectivity index (χ1) is 41.4. The quantitative estimate of drug-likeness (QED) is 0.0955. The lowest BCUT2D eigenvalue weighted by molar-refractivity contribution is 1.17. The Hall–Kier alpha value is -9.54. The molecule has 14 aromatic rings. The maximum Gasteiger partial charge on any atom is 0.179 e. The fourth-order valence-electron chi connectivity index (χ4n) is 11.7. The lowest BCUT2D eigenvalue weighted by Gasteiger charge is -2.34. The monoisotopic (exact) mass is 980 g/mol. The van der Waals surface area contributed by atoms with Gasteiger partial charge in [-0.25, -0.2) is 0 Å². The zero-order valence-corrected chi connectivity index (χ0v) is 41.5. The van der Waals surface area contributed by atoms with Crippen LogP contribution in [0.25, 0.3) is 99.5 Å². The van der Waals surface area contributed by atoms with E-state index in [2.05, 4.69) is 179 Å². The first-order valence-corrected chi connectivity index (χ1v) is 27.1. The molecule has 3 heteroatoms. The summed E-state index contributed by atoms with van der Waals surface area (Å²) in [5.74, 6) is 0. The van der Waals surface area contributed by atoms with Gasteiger partial charge in [-0.05, 0) is 96.6 Å². The van der Waals surface area contributed by atoms with Crippen molar-refractivity contribution in [3.05, 3.63) is 303 Å². The predicted molar refractivity (Wildman–Crippen MR) is 320 cm³/mol. The third-order valence-corrected chi connectivity index (χ3v) is 19.6. The average molecular weight is 981 g/mol. The molecule has 75 heavy (non-hydrogen) atoms. The Bertz CT molecular complexity index is 4850. The van der Waals surface area contributed by atoms with E-state index in [4.69, 9.17) is 11.0 Å². The third-order valence-electron chi connectivity index (χ3n) is 14.8. The van der Waals surface area contributed by atoms with Crippen LogP contribution in [-0.2, 0) is 0 Å². The van der Waals surface area contributed by atoms with Crippen LogP contribution in [-0.4, -0.2) is 17.2 Å². The van der Waals surface area contributed by atoms with Crippen LogP contribution in [0, 0.1) is 0 Å². The second-order valence-electron chi connectivity index (χ2n) is 18.8. The van der Waals surface area contributed by atoms with Crippen molar-refractivity contribution in [2.75, 3.05) is 0 Å². The standard InChI is InChI=1S/C72H50N2Si/c1-7-24-51(25-8-1)54-30-21-31-55(48-54)63-41-22-40-62(53-28-11-3-12-29-53)72(63)74-69-46-44-56(49-66(69)71-61(39-23-43-70(71)74)52-26-9-2-10-27-52)73-67-42-20-19-38-64(67)65-50-60(45-47-68(65)73)75(57-32-13-4-14-33-57,58-34-15-5-16-35-58)59-36-17-6-18-37-59/h1-50H/i1D,2D,7D,8D,9D,10D,24D,25D,26D,27D. The van der Waals surface area contributed by atoms with Crippen molar-refractivity contribution in [1.82, 2.24) is 9.13 Å². The molecular formula is C72H50N2Si. The summed E-state index contributed by atoms with van der Waals surface area (Å²) in [6.07, 6.45) is 0. The number of para-hydroxylation sites is 2. The second-order valence-corrected chi connectivity index (χ2v) is 22.6. The van der Waals surface area contributed by atoms with Crippen molar-refractivity contribution in [3.8, 4) is 55.9 Å². The molecule has 12 aromatic carbocycles. The normalized spacial score (nSPS) is 13.6. The van der Waals surface area contributed by atoms with E-state index in [1.165, 1.54) is 20.7 Å². The number of hydrogen-bond acceptors (Lipinski definition) is 0. The molecule has 0 aliphatic heterocycles. The molecule has 2 aromatic heterocycles. The van der Waals surface area contributed by atoms with Gasteiger partial charge in [0.2, 0.25) is 0 Å². The van der Waals surface area contributed by atoms with Gasteiger partial charge in [0.15, 0.2) is 8.07 Å². The SMILES string of the molecule is [2H]c1c([2H])c([2H])c(-c2cccc(-c3cccc(-c4ccccc4)c3-n3c4ccc(-n5c6ccccc6c6cc([Si](c7ccccc7)(c7ccccc7)c7ccccc7)ccc65)cc4c4c(-c5c([2H])c([2H])c([2H])c([2H])c5[2H])cccc43)c2)c([2H])c1[2H]. The molecule has 0 fully saturated rings. The van der Waals surface area contributed by atoms with Gasteiger partial charge in [0.05, 0.1) is 41.5 Å². The highest BCUT2D eigenvalue weighted by Crippen LogP contribution is 2.45. The number of hydrogen-bond donors (Lipinski definition) is 0. The smallest absolute Gasteiger partial charge is 0.179 e. The maximum absolute atomic E-state index is 9.40. The van der Waals surface area contributed by atoms with Crippen LogP contribution in [0.5, 0.6) is 0 Å². The Morgan fingerprint density at radius 2 is 0.773 bits per heavy atom. The largest absolute Gasteiger partial charge is 0.309 e. The lowest BCUT2D eigenvalue weighted by atomic mass is 9.93. The highest BCUT2D eigenvalue weighted by Gasteiger charge is 2.41. The summed E-state index contributed by atoms with van der Waals surface area (Å²) >= 11 is 0. The maximum atomic E-state index is 9.40. The molecule has 2 heterocycles. The van der Waals surface area contributed by atoms with Gasteiger partial charge in [-0.1, -0.05) is 261 Å². The predicted octanol–water partition coefficient (Wildman–Crippen LogP) is 15.9. The fraction of sp³-hybridized carbons (Fsp3) is 0. The Morgan fingerprint density at radius 3 is 1.45 bits per heavy atom. The van der Waals surface area contributed by atoms with Gasteiger partial charge < -0.3 is 9.13 Å². The lowest BCUT2D eigenvalue weighted by Crippen LogP contribution is -2.74.